The van der Waals surface area contributed by atoms with E-state index >= 15 is 0 Å². The summed E-state index contributed by atoms with van der Waals surface area (Å²) in [5.74, 6) is 0.361. The van der Waals surface area contributed by atoms with E-state index in [-0.39, 0.29) is 16.3 Å². The summed E-state index contributed by atoms with van der Waals surface area (Å²) in [5.41, 5.74) is -0.0281. The molecule has 0 aliphatic rings. The fraction of sp³-hybridized carbons (Fsp3) is 0.188. The summed E-state index contributed by atoms with van der Waals surface area (Å²) in [4.78, 5) is 22.8. The van der Waals surface area contributed by atoms with E-state index in [1.165, 1.54) is 19.2 Å². The van der Waals surface area contributed by atoms with Crippen molar-refractivity contribution in [2.75, 3.05) is 19.0 Å². The number of methoxy groups -OCH3 is 1. The number of rotatable bonds is 6. The summed E-state index contributed by atoms with van der Waals surface area (Å²) < 4.78 is 10.6. The van der Waals surface area contributed by atoms with Crippen LogP contribution in [0.5, 0.6) is 11.5 Å². The first kappa shape index (κ1) is 17.6. The maximum Gasteiger partial charge on any atom is 0.283 e. The number of nitro groups is 1. The summed E-state index contributed by atoms with van der Waals surface area (Å²) >= 11 is 5.75. The minimum absolute atomic E-state index is 0.0859. The van der Waals surface area contributed by atoms with Crippen LogP contribution in [-0.4, -0.2) is 24.5 Å². The number of amides is 1. The number of halogens is 1. The lowest BCUT2D eigenvalue weighted by molar-refractivity contribution is -0.385. The number of ether oxygens (including phenoxy) is 2. The Morgan fingerprint density at radius 1 is 1.25 bits per heavy atom. The Balaban J connectivity index is 2.29. The van der Waals surface area contributed by atoms with Gasteiger partial charge in [-0.05, 0) is 31.2 Å². The highest BCUT2D eigenvalue weighted by atomic mass is 35.5. The second-order valence-corrected chi connectivity index (χ2v) is 5.11. The number of hydrogen-bond acceptors (Lipinski definition) is 5. The third kappa shape index (κ3) is 3.94. The first-order chi connectivity index (χ1) is 11.5. The van der Waals surface area contributed by atoms with Crippen molar-refractivity contribution < 1.29 is 19.2 Å². The Labute approximate surface area is 143 Å². The van der Waals surface area contributed by atoms with Crippen LogP contribution < -0.4 is 14.8 Å². The SMILES string of the molecule is CCOc1ccc(NC(=O)c2ccc(Cl)cc2[N+](=O)[O-])cc1OC. The fourth-order valence-corrected chi connectivity index (χ4v) is 2.23. The van der Waals surface area contributed by atoms with Gasteiger partial charge in [0, 0.05) is 22.8 Å². The molecular formula is C16H15ClN2O5. The summed E-state index contributed by atoms with van der Waals surface area (Å²) in [7, 11) is 1.48. The minimum Gasteiger partial charge on any atom is -0.493 e. The topological polar surface area (TPSA) is 90.7 Å². The quantitative estimate of drug-likeness (QED) is 0.630. The molecule has 0 aromatic heterocycles. The summed E-state index contributed by atoms with van der Waals surface area (Å²) in [6, 6.07) is 8.70. The number of benzene rings is 2. The van der Waals surface area contributed by atoms with E-state index < -0.39 is 10.8 Å². The molecule has 2 aromatic rings. The van der Waals surface area contributed by atoms with Gasteiger partial charge >= 0.3 is 0 Å². The molecule has 0 saturated carbocycles. The van der Waals surface area contributed by atoms with Crippen LogP contribution in [0.4, 0.5) is 11.4 Å². The maximum absolute atomic E-state index is 12.3. The van der Waals surface area contributed by atoms with Crippen LogP contribution >= 0.6 is 11.6 Å². The number of nitro benzene ring substituents is 1. The zero-order valence-electron chi connectivity index (χ0n) is 13.0. The van der Waals surface area contributed by atoms with Crippen LogP contribution in [0.2, 0.25) is 5.02 Å². The molecule has 0 spiro atoms. The van der Waals surface area contributed by atoms with Gasteiger partial charge in [0.25, 0.3) is 11.6 Å². The van der Waals surface area contributed by atoms with Crippen molar-refractivity contribution in [2.45, 2.75) is 6.92 Å². The van der Waals surface area contributed by atoms with E-state index in [1.807, 2.05) is 6.92 Å². The second-order valence-electron chi connectivity index (χ2n) is 4.67. The normalized spacial score (nSPS) is 10.1. The number of carbonyl (C=O) groups excluding carboxylic acids is 1. The molecule has 1 amide bonds. The molecule has 0 saturated heterocycles. The van der Waals surface area contributed by atoms with E-state index in [0.717, 1.165) is 6.07 Å². The number of anilines is 1. The second kappa shape index (κ2) is 7.65. The third-order valence-corrected chi connectivity index (χ3v) is 3.36. The van der Waals surface area contributed by atoms with Crippen LogP contribution in [0.15, 0.2) is 36.4 Å². The molecule has 2 rings (SSSR count). The zero-order valence-corrected chi connectivity index (χ0v) is 13.8. The van der Waals surface area contributed by atoms with E-state index in [2.05, 4.69) is 5.32 Å². The lowest BCUT2D eigenvalue weighted by Gasteiger charge is -2.12. The molecule has 24 heavy (non-hydrogen) atoms. The maximum atomic E-state index is 12.3. The van der Waals surface area contributed by atoms with Gasteiger partial charge < -0.3 is 14.8 Å². The predicted molar refractivity (Wildman–Crippen MR) is 90.2 cm³/mol. The number of carbonyl (C=O) groups is 1. The third-order valence-electron chi connectivity index (χ3n) is 3.12. The molecule has 0 fully saturated rings. The predicted octanol–water partition coefficient (Wildman–Crippen LogP) is 3.91. The number of hydrogen-bond donors (Lipinski definition) is 1. The molecule has 0 aliphatic carbocycles. The largest absolute Gasteiger partial charge is 0.493 e. The molecule has 7 nitrogen and oxygen atoms in total. The standard InChI is InChI=1S/C16H15ClN2O5/c1-3-24-14-7-5-11(9-15(14)23-2)18-16(20)12-6-4-10(17)8-13(12)19(21)22/h4-9H,3H2,1-2H3,(H,18,20). The van der Waals surface area contributed by atoms with E-state index in [9.17, 15) is 14.9 Å². The number of nitrogens with one attached hydrogen (secondary N) is 1. The Bertz CT molecular complexity index is 779. The van der Waals surface area contributed by atoms with Gasteiger partial charge in [-0.2, -0.15) is 0 Å². The molecule has 126 valence electrons. The molecule has 0 unspecified atom stereocenters. The van der Waals surface area contributed by atoms with Gasteiger partial charge in [-0.1, -0.05) is 11.6 Å². The average molecular weight is 351 g/mol. The molecule has 0 atom stereocenters. The van der Waals surface area contributed by atoms with Crippen molar-refractivity contribution in [1.29, 1.82) is 0 Å². The molecule has 2 aromatic carbocycles. The van der Waals surface area contributed by atoms with Crippen LogP contribution in [0.3, 0.4) is 0 Å². The summed E-state index contributed by atoms with van der Waals surface area (Å²) in [6.07, 6.45) is 0. The molecule has 0 heterocycles. The Morgan fingerprint density at radius 2 is 2.00 bits per heavy atom. The van der Waals surface area contributed by atoms with Gasteiger partial charge in [0.1, 0.15) is 5.56 Å². The molecule has 0 aliphatic heterocycles. The van der Waals surface area contributed by atoms with Crippen LogP contribution in [0.1, 0.15) is 17.3 Å². The molecule has 0 bridgehead atoms. The van der Waals surface area contributed by atoms with Crippen molar-refractivity contribution >= 4 is 28.9 Å². The van der Waals surface area contributed by atoms with Gasteiger partial charge in [-0.25, -0.2) is 0 Å². The smallest absolute Gasteiger partial charge is 0.283 e. The highest BCUT2D eigenvalue weighted by molar-refractivity contribution is 6.31. The van der Waals surface area contributed by atoms with E-state index in [1.54, 1.807) is 18.2 Å². The fourth-order valence-electron chi connectivity index (χ4n) is 2.07. The van der Waals surface area contributed by atoms with E-state index in [4.69, 9.17) is 21.1 Å². The molecule has 0 radical (unpaired) electrons. The molecule has 8 heteroatoms. The van der Waals surface area contributed by atoms with Crippen molar-refractivity contribution in [3.8, 4) is 11.5 Å². The summed E-state index contributed by atoms with van der Waals surface area (Å²) in [6.45, 7) is 2.31. The summed E-state index contributed by atoms with van der Waals surface area (Å²) in [5, 5.41) is 13.9. The van der Waals surface area contributed by atoms with Crippen molar-refractivity contribution in [2.24, 2.45) is 0 Å². The van der Waals surface area contributed by atoms with Gasteiger partial charge in [0.15, 0.2) is 11.5 Å². The van der Waals surface area contributed by atoms with Crippen LogP contribution in [-0.2, 0) is 0 Å². The minimum atomic E-state index is -0.653. The first-order valence-electron chi connectivity index (χ1n) is 7.02. The van der Waals surface area contributed by atoms with Gasteiger partial charge in [0.05, 0.1) is 18.6 Å². The van der Waals surface area contributed by atoms with Crippen LogP contribution in [0, 0.1) is 10.1 Å². The number of nitrogens with zero attached hydrogens (tertiary/aromatic N) is 1. The highest BCUT2D eigenvalue weighted by Crippen LogP contribution is 2.31. The lowest BCUT2D eigenvalue weighted by atomic mass is 10.1. The van der Waals surface area contributed by atoms with E-state index in [0.29, 0.717) is 23.8 Å². The Hall–Kier alpha value is -2.80. The first-order valence-corrected chi connectivity index (χ1v) is 7.40. The zero-order chi connectivity index (χ0) is 17.7. The van der Waals surface area contributed by atoms with Gasteiger partial charge in [0.2, 0.25) is 0 Å². The van der Waals surface area contributed by atoms with Gasteiger partial charge in [-0.15, -0.1) is 0 Å². The van der Waals surface area contributed by atoms with Crippen LogP contribution in [0.25, 0.3) is 0 Å². The Kier molecular flexibility index (Phi) is 5.59. The monoisotopic (exact) mass is 350 g/mol. The average Bonchev–Trinajstić information content (AvgIpc) is 2.56. The lowest BCUT2D eigenvalue weighted by Crippen LogP contribution is -2.14. The highest BCUT2D eigenvalue weighted by Gasteiger charge is 2.21. The van der Waals surface area contributed by atoms with Crippen molar-refractivity contribution in [3.63, 3.8) is 0 Å². The van der Waals surface area contributed by atoms with Crippen molar-refractivity contribution in [1.82, 2.24) is 0 Å². The molecule has 1 N–H and O–H groups in total. The molecular weight excluding hydrogens is 336 g/mol. The Morgan fingerprint density at radius 3 is 2.62 bits per heavy atom. The van der Waals surface area contributed by atoms with Crippen molar-refractivity contribution in [3.05, 3.63) is 57.1 Å². The van der Waals surface area contributed by atoms with Gasteiger partial charge in [-0.3, -0.25) is 14.9 Å².